The van der Waals surface area contributed by atoms with E-state index in [1.54, 1.807) is 13.0 Å². The monoisotopic (exact) mass is 455 g/mol. The number of fused-ring (bicyclic) bond motifs is 2. The van der Waals surface area contributed by atoms with Crippen molar-refractivity contribution in [1.82, 2.24) is 19.9 Å². The van der Waals surface area contributed by atoms with Gasteiger partial charge in [0.05, 0.1) is 24.7 Å². The van der Waals surface area contributed by atoms with E-state index in [2.05, 4.69) is 20.6 Å². The van der Waals surface area contributed by atoms with E-state index in [4.69, 9.17) is 9.26 Å². The third kappa shape index (κ3) is 3.99. The van der Waals surface area contributed by atoms with Crippen LogP contribution >= 0.6 is 0 Å². The fourth-order valence-corrected chi connectivity index (χ4v) is 3.73. The van der Waals surface area contributed by atoms with Gasteiger partial charge >= 0.3 is 5.97 Å². The zero-order chi connectivity index (χ0) is 23.7. The molecule has 9 nitrogen and oxygen atoms in total. The van der Waals surface area contributed by atoms with Crippen molar-refractivity contribution in [3.8, 4) is 5.82 Å². The van der Waals surface area contributed by atoms with Crippen molar-refractivity contribution in [2.24, 2.45) is 0 Å². The summed E-state index contributed by atoms with van der Waals surface area (Å²) in [4.78, 5) is 30.2. The first-order valence-corrected chi connectivity index (χ1v) is 10.8. The molecule has 2 aromatic carbocycles. The zero-order valence-electron chi connectivity index (χ0n) is 18.6. The molecule has 0 aliphatic heterocycles. The Kier molecular flexibility index (Phi) is 5.51. The Labute approximate surface area is 194 Å². The van der Waals surface area contributed by atoms with Gasteiger partial charge in [-0.15, -0.1) is 0 Å². The summed E-state index contributed by atoms with van der Waals surface area (Å²) in [5, 5.41) is 12.9. The van der Waals surface area contributed by atoms with Crippen LogP contribution in [-0.2, 0) is 16.0 Å². The first-order valence-electron chi connectivity index (χ1n) is 10.8. The molecule has 5 aromatic rings. The molecule has 3 aromatic heterocycles. The number of pyridine rings is 1. The number of aryl methyl sites for hydroxylation is 1. The molecule has 170 valence electrons. The maximum absolute atomic E-state index is 13.0. The van der Waals surface area contributed by atoms with Gasteiger partial charge in [0.15, 0.2) is 17.2 Å². The second-order valence-electron chi connectivity index (χ2n) is 7.76. The molecule has 0 atom stereocenters. The molecule has 0 bridgehead atoms. The number of nitrogens with zero attached hydrogens (tertiary/aromatic N) is 4. The predicted octanol–water partition coefficient (Wildman–Crippen LogP) is 4.23. The molecule has 9 heteroatoms. The number of carbonyl (C=O) groups is 2. The van der Waals surface area contributed by atoms with E-state index >= 15 is 0 Å². The first-order chi connectivity index (χ1) is 16.5. The lowest BCUT2D eigenvalue weighted by atomic mass is 10.1. The lowest BCUT2D eigenvalue weighted by molar-refractivity contribution is -0.115. The highest BCUT2D eigenvalue weighted by Crippen LogP contribution is 2.24. The van der Waals surface area contributed by atoms with Crippen LogP contribution in [0.3, 0.4) is 0 Å². The Hall–Kier alpha value is -4.53. The van der Waals surface area contributed by atoms with Crippen LogP contribution in [0.5, 0.6) is 0 Å². The molecule has 0 aliphatic rings. The van der Waals surface area contributed by atoms with Gasteiger partial charge in [0.25, 0.3) is 0 Å². The number of carbonyl (C=O) groups excluding carboxylic acids is 2. The molecule has 0 saturated heterocycles. The van der Waals surface area contributed by atoms with Crippen LogP contribution in [0.2, 0.25) is 0 Å². The Balaban J connectivity index is 1.50. The second kappa shape index (κ2) is 8.78. The van der Waals surface area contributed by atoms with Gasteiger partial charge < -0.3 is 14.6 Å². The molecule has 3 heterocycles. The number of aromatic nitrogens is 4. The van der Waals surface area contributed by atoms with Crippen LogP contribution in [0.4, 0.5) is 5.82 Å². The van der Waals surface area contributed by atoms with Gasteiger partial charge in [0.1, 0.15) is 11.3 Å². The summed E-state index contributed by atoms with van der Waals surface area (Å²) in [6, 6.07) is 17.0. The van der Waals surface area contributed by atoms with Crippen LogP contribution in [0.15, 0.2) is 65.3 Å². The maximum Gasteiger partial charge on any atom is 0.343 e. The van der Waals surface area contributed by atoms with Crippen molar-refractivity contribution in [2.45, 2.75) is 20.3 Å². The Morgan fingerprint density at radius 2 is 1.97 bits per heavy atom. The number of hydrogen-bond acceptors (Lipinski definition) is 7. The highest BCUT2D eigenvalue weighted by Gasteiger charge is 2.23. The average Bonchev–Trinajstić information content (AvgIpc) is 3.43. The highest BCUT2D eigenvalue weighted by molar-refractivity contribution is 6.01. The largest absolute Gasteiger partial charge is 0.462 e. The molecule has 0 unspecified atom stereocenters. The van der Waals surface area contributed by atoms with Crippen LogP contribution in [0, 0.1) is 6.92 Å². The summed E-state index contributed by atoms with van der Waals surface area (Å²) >= 11 is 0. The van der Waals surface area contributed by atoms with Crippen molar-refractivity contribution in [2.75, 3.05) is 11.9 Å². The number of para-hydroxylation sites is 1. The Morgan fingerprint density at radius 1 is 1.12 bits per heavy atom. The van der Waals surface area contributed by atoms with Crippen LogP contribution < -0.4 is 5.32 Å². The highest BCUT2D eigenvalue weighted by atomic mass is 16.5. The van der Waals surface area contributed by atoms with E-state index < -0.39 is 5.97 Å². The quantitative estimate of drug-likeness (QED) is 0.381. The number of ether oxygens (including phenoxy) is 1. The van der Waals surface area contributed by atoms with E-state index in [0.717, 1.165) is 21.9 Å². The third-order valence-electron chi connectivity index (χ3n) is 5.35. The van der Waals surface area contributed by atoms with E-state index in [0.29, 0.717) is 17.1 Å². The minimum Gasteiger partial charge on any atom is -0.462 e. The van der Waals surface area contributed by atoms with Crippen LogP contribution in [-0.4, -0.2) is 38.4 Å². The number of esters is 1. The molecule has 0 spiro atoms. The molecule has 34 heavy (non-hydrogen) atoms. The van der Waals surface area contributed by atoms with Crippen molar-refractivity contribution in [1.29, 1.82) is 0 Å². The van der Waals surface area contributed by atoms with Crippen molar-refractivity contribution in [3.63, 3.8) is 0 Å². The van der Waals surface area contributed by atoms with E-state index in [1.807, 2.05) is 55.5 Å². The van der Waals surface area contributed by atoms with Crippen molar-refractivity contribution < 1.29 is 18.8 Å². The van der Waals surface area contributed by atoms with Crippen LogP contribution in [0.25, 0.3) is 27.7 Å². The standard InChI is InChI=1S/C25H21N5O4/c1-3-33-25(32)18-14-26-30(22-11-9-16-6-4-5-7-19(16)27-22)24(18)28-23(31)13-20-17-12-15(2)8-10-21(17)34-29-20/h4-12,14H,3,13H2,1-2H3,(H,28,31). The number of anilines is 1. The summed E-state index contributed by atoms with van der Waals surface area (Å²) in [6.45, 7) is 3.86. The van der Waals surface area contributed by atoms with E-state index in [9.17, 15) is 9.59 Å². The number of nitrogens with one attached hydrogen (secondary N) is 1. The molecule has 5 rings (SSSR count). The van der Waals surface area contributed by atoms with Gasteiger partial charge in [-0.25, -0.2) is 9.78 Å². The molecule has 1 N–H and O–H groups in total. The smallest absolute Gasteiger partial charge is 0.343 e. The molecular weight excluding hydrogens is 434 g/mol. The molecule has 0 aliphatic carbocycles. The zero-order valence-corrected chi connectivity index (χ0v) is 18.6. The maximum atomic E-state index is 13.0. The molecule has 1 amide bonds. The normalized spacial score (nSPS) is 11.1. The minimum atomic E-state index is -0.590. The fraction of sp³-hybridized carbons (Fsp3) is 0.160. The van der Waals surface area contributed by atoms with Crippen molar-refractivity contribution in [3.05, 3.63) is 77.6 Å². The van der Waals surface area contributed by atoms with Crippen LogP contribution in [0.1, 0.15) is 28.5 Å². The number of amides is 1. The van der Waals surface area contributed by atoms with E-state index in [-0.39, 0.29) is 30.3 Å². The summed E-state index contributed by atoms with van der Waals surface area (Å²) in [5.74, 6) is -0.348. The van der Waals surface area contributed by atoms with Gasteiger partial charge in [-0.3, -0.25) is 4.79 Å². The summed E-state index contributed by atoms with van der Waals surface area (Å²) in [5.41, 5.74) is 3.03. The van der Waals surface area contributed by atoms with Crippen molar-refractivity contribution >= 4 is 39.6 Å². The SMILES string of the molecule is CCOC(=O)c1cnn(-c2ccc3ccccc3n2)c1NC(=O)Cc1noc2ccc(C)cc12. The third-order valence-corrected chi connectivity index (χ3v) is 5.35. The van der Waals surface area contributed by atoms with Gasteiger partial charge in [-0.1, -0.05) is 35.0 Å². The summed E-state index contributed by atoms with van der Waals surface area (Å²) in [7, 11) is 0. The van der Waals surface area contributed by atoms with Gasteiger partial charge in [-0.2, -0.15) is 9.78 Å². The summed E-state index contributed by atoms with van der Waals surface area (Å²) < 4.78 is 11.9. The lowest BCUT2D eigenvalue weighted by Gasteiger charge is -2.11. The number of benzene rings is 2. The fourth-order valence-electron chi connectivity index (χ4n) is 3.73. The molecule has 0 radical (unpaired) electrons. The van der Waals surface area contributed by atoms with Gasteiger partial charge in [-0.05, 0) is 44.2 Å². The second-order valence-corrected chi connectivity index (χ2v) is 7.76. The predicted molar refractivity (Wildman–Crippen MR) is 126 cm³/mol. The number of rotatable bonds is 6. The van der Waals surface area contributed by atoms with E-state index in [1.165, 1.54) is 10.9 Å². The van der Waals surface area contributed by atoms with Gasteiger partial charge in [0.2, 0.25) is 5.91 Å². The topological polar surface area (TPSA) is 112 Å². The molecule has 0 saturated carbocycles. The average molecular weight is 455 g/mol. The minimum absolute atomic E-state index is 0.0466. The number of hydrogen-bond donors (Lipinski definition) is 1. The molecular formula is C25H21N5O4. The Bertz CT molecular complexity index is 1540. The first kappa shape index (κ1) is 21.3. The lowest BCUT2D eigenvalue weighted by Crippen LogP contribution is -2.20. The summed E-state index contributed by atoms with van der Waals surface area (Å²) in [6.07, 6.45) is 1.31. The van der Waals surface area contributed by atoms with Gasteiger partial charge in [0, 0.05) is 10.8 Å². The molecule has 0 fully saturated rings. The Morgan fingerprint density at radius 3 is 2.82 bits per heavy atom.